The summed E-state index contributed by atoms with van der Waals surface area (Å²) in [4.78, 5) is 12.0. The molecule has 1 N–H and O–H groups in total. The summed E-state index contributed by atoms with van der Waals surface area (Å²) in [6, 6.07) is 9.75. The van der Waals surface area contributed by atoms with Gasteiger partial charge in [-0.3, -0.25) is 14.6 Å². The molecule has 0 spiro atoms. The van der Waals surface area contributed by atoms with Gasteiger partial charge in [-0.1, -0.05) is 18.2 Å². The lowest BCUT2D eigenvalue weighted by atomic mass is 10.3. The van der Waals surface area contributed by atoms with Gasteiger partial charge in [0.1, 0.15) is 5.75 Å². The SMILES string of the molecule is O=c1c2c([nH]n1CCCOc1ccccc1)CCC2. The number of hydrogen-bond acceptors (Lipinski definition) is 2. The Balaban J connectivity index is 1.52. The van der Waals surface area contributed by atoms with Crippen molar-refractivity contribution in [3.8, 4) is 5.75 Å². The van der Waals surface area contributed by atoms with Crippen molar-refractivity contribution in [1.82, 2.24) is 9.78 Å². The van der Waals surface area contributed by atoms with E-state index in [-0.39, 0.29) is 5.56 Å². The number of aryl methyl sites for hydroxylation is 2. The molecular weight excluding hydrogens is 240 g/mol. The van der Waals surface area contributed by atoms with Crippen LogP contribution >= 0.6 is 0 Å². The van der Waals surface area contributed by atoms with E-state index in [1.54, 1.807) is 4.68 Å². The fourth-order valence-electron chi connectivity index (χ4n) is 2.57. The van der Waals surface area contributed by atoms with Crippen LogP contribution < -0.4 is 10.3 Å². The number of ether oxygens (including phenoxy) is 1. The van der Waals surface area contributed by atoms with E-state index in [9.17, 15) is 4.79 Å². The Bertz CT molecular complexity index is 598. The van der Waals surface area contributed by atoms with Crippen LogP contribution in [0.5, 0.6) is 5.75 Å². The van der Waals surface area contributed by atoms with E-state index >= 15 is 0 Å². The number of rotatable bonds is 5. The van der Waals surface area contributed by atoms with Gasteiger partial charge in [0.05, 0.1) is 6.61 Å². The highest BCUT2D eigenvalue weighted by Gasteiger charge is 2.18. The number of fused-ring (bicyclic) bond motifs is 1. The first kappa shape index (κ1) is 12.1. The van der Waals surface area contributed by atoms with E-state index in [4.69, 9.17) is 4.74 Å². The minimum absolute atomic E-state index is 0.159. The van der Waals surface area contributed by atoms with Gasteiger partial charge in [0, 0.05) is 24.2 Å². The third-order valence-electron chi connectivity index (χ3n) is 3.53. The second-order valence-corrected chi connectivity index (χ2v) is 4.89. The average molecular weight is 258 g/mol. The zero-order valence-corrected chi connectivity index (χ0v) is 10.9. The molecule has 100 valence electrons. The molecule has 19 heavy (non-hydrogen) atoms. The summed E-state index contributed by atoms with van der Waals surface area (Å²) in [6.07, 6.45) is 3.87. The van der Waals surface area contributed by atoms with Crippen LogP contribution in [0.4, 0.5) is 0 Å². The number of hydrogen-bond donors (Lipinski definition) is 1. The molecule has 1 aliphatic rings. The van der Waals surface area contributed by atoms with E-state index in [0.29, 0.717) is 13.2 Å². The van der Waals surface area contributed by atoms with Gasteiger partial charge in [-0.15, -0.1) is 0 Å². The van der Waals surface area contributed by atoms with Gasteiger partial charge in [0.25, 0.3) is 5.56 Å². The van der Waals surface area contributed by atoms with E-state index < -0.39 is 0 Å². The quantitative estimate of drug-likeness (QED) is 0.835. The van der Waals surface area contributed by atoms with Gasteiger partial charge in [0.15, 0.2) is 0 Å². The number of nitrogens with zero attached hydrogens (tertiary/aromatic N) is 1. The van der Waals surface area contributed by atoms with Crippen molar-refractivity contribution in [3.63, 3.8) is 0 Å². The number of benzene rings is 1. The van der Waals surface area contributed by atoms with Gasteiger partial charge in [-0.05, 0) is 31.4 Å². The summed E-state index contributed by atoms with van der Waals surface area (Å²) in [6.45, 7) is 1.32. The second-order valence-electron chi connectivity index (χ2n) is 4.89. The Labute approximate surface area is 112 Å². The van der Waals surface area contributed by atoms with Gasteiger partial charge in [-0.2, -0.15) is 0 Å². The summed E-state index contributed by atoms with van der Waals surface area (Å²) in [5.41, 5.74) is 2.28. The molecule has 3 rings (SSSR count). The molecule has 0 unspecified atom stereocenters. The highest BCUT2D eigenvalue weighted by atomic mass is 16.5. The largest absolute Gasteiger partial charge is 0.494 e. The van der Waals surface area contributed by atoms with Crippen LogP contribution in [0.15, 0.2) is 35.1 Å². The molecule has 4 heteroatoms. The minimum atomic E-state index is 0.159. The van der Waals surface area contributed by atoms with Crippen molar-refractivity contribution < 1.29 is 4.74 Å². The molecule has 0 bridgehead atoms. The molecule has 2 aromatic rings. The van der Waals surface area contributed by atoms with Gasteiger partial charge in [-0.25, -0.2) is 0 Å². The molecule has 0 amide bonds. The van der Waals surface area contributed by atoms with E-state index in [0.717, 1.165) is 42.7 Å². The fraction of sp³-hybridized carbons (Fsp3) is 0.400. The molecule has 1 aromatic carbocycles. The standard InChI is InChI=1S/C15H18N2O2/c18-15-13-8-4-9-14(13)16-17(15)10-5-11-19-12-6-2-1-3-7-12/h1-3,6-7,16H,4-5,8-11H2. The summed E-state index contributed by atoms with van der Waals surface area (Å²) in [7, 11) is 0. The van der Waals surface area contributed by atoms with Crippen LogP contribution in [-0.4, -0.2) is 16.4 Å². The number of aromatic nitrogens is 2. The summed E-state index contributed by atoms with van der Waals surface area (Å²) in [5.74, 6) is 0.879. The minimum Gasteiger partial charge on any atom is -0.494 e. The number of nitrogens with one attached hydrogen (secondary N) is 1. The van der Waals surface area contributed by atoms with Crippen molar-refractivity contribution in [2.45, 2.75) is 32.2 Å². The van der Waals surface area contributed by atoms with Crippen molar-refractivity contribution in [2.75, 3.05) is 6.61 Å². The van der Waals surface area contributed by atoms with Crippen molar-refractivity contribution in [2.24, 2.45) is 0 Å². The molecule has 1 heterocycles. The maximum Gasteiger partial charge on any atom is 0.269 e. The number of para-hydroxylation sites is 1. The fourth-order valence-corrected chi connectivity index (χ4v) is 2.57. The van der Waals surface area contributed by atoms with Gasteiger partial charge < -0.3 is 4.74 Å². The van der Waals surface area contributed by atoms with Crippen molar-refractivity contribution in [3.05, 3.63) is 51.9 Å². The van der Waals surface area contributed by atoms with Crippen LogP contribution in [0.25, 0.3) is 0 Å². The lowest BCUT2D eigenvalue weighted by Gasteiger charge is -2.06. The topological polar surface area (TPSA) is 47.0 Å². The predicted octanol–water partition coefficient (Wildman–Crippen LogP) is 2.13. The lowest BCUT2D eigenvalue weighted by Crippen LogP contribution is -2.20. The molecular formula is C15H18N2O2. The first-order chi connectivity index (χ1) is 9.34. The Kier molecular flexibility index (Phi) is 3.40. The molecule has 0 saturated carbocycles. The normalized spacial score (nSPS) is 13.5. The van der Waals surface area contributed by atoms with Gasteiger partial charge in [0.2, 0.25) is 0 Å². The highest BCUT2D eigenvalue weighted by molar-refractivity contribution is 5.22. The summed E-state index contributed by atoms with van der Waals surface area (Å²) < 4.78 is 7.34. The molecule has 0 atom stereocenters. The van der Waals surface area contributed by atoms with Crippen molar-refractivity contribution >= 4 is 0 Å². The van der Waals surface area contributed by atoms with E-state index in [2.05, 4.69) is 5.10 Å². The van der Waals surface area contributed by atoms with Crippen LogP contribution in [-0.2, 0) is 19.4 Å². The maximum atomic E-state index is 12.0. The van der Waals surface area contributed by atoms with Crippen molar-refractivity contribution in [1.29, 1.82) is 0 Å². The summed E-state index contributed by atoms with van der Waals surface area (Å²) in [5, 5.41) is 3.21. The van der Waals surface area contributed by atoms with Crippen LogP contribution in [0.2, 0.25) is 0 Å². The molecule has 1 aromatic heterocycles. The Hall–Kier alpha value is -1.97. The third kappa shape index (κ3) is 2.57. The van der Waals surface area contributed by atoms with Gasteiger partial charge >= 0.3 is 0 Å². The molecule has 4 nitrogen and oxygen atoms in total. The molecule has 1 aliphatic carbocycles. The molecule has 0 aliphatic heterocycles. The van der Waals surface area contributed by atoms with Crippen LogP contribution in [0, 0.1) is 0 Å². The smallest absolute Gasteiger partial charge is 0.269 e. The third-order valence-corrected chi connectivity index (χ3v) is 3.53. The average Bonchev–Trinajstić information content (AvgIpc) is 3.00. The molecule has 0 fully saturated rings. The van der Waals surface area contributed by atoms with Crippen LogP contribution in [0.1, 0.15) is 24.1 Å². The first-order valence-electron chi connectivity index (χ1n) is 6.83. The Morgan fingerprint density at radius 1 is 1.21 bits per heavy atom. The van der Waals surface area contributed by atoms with E-state index in [1.165, 1.54) is 0 Å². The maximum absolute atomic E-state index is 12.0. The zero-order chi connectivity index (χ0) is 13.1. The summed E-state index contributed by atoms with van der Waals surface area (Å²) >= 11 is 0. The first-order valence-corrected chi connectivity index (χ1v) is 6.83. The monoisotopic (exact) mass is 258 g/mol. The predicted molar refractivity (Wildman–Crippen MR) is 73.6 cm³/mol. The number of H-pyrrole nitrogens is 1. The van der Waals surface area contributed by atoms with Crippen LogP contribution in [0.3, 0.4) is 0 Å². The molecule has 0 saturated heterocycles. The van der Waals surface area contributed by atoms with E-state index in [1.807, 2.05) is 30.3 Å². The zero-order valence-electron chi connectivity index (χ0n) is 10.9. The molecule has 0 radical (unpaired) electrons. The second kappa shape index (κ2) is 5.34. The highest BCUT2D eigenvalue weighted by Crippen LogP contribution is 2.16. The lowest BCUT2D eigenvalue weighted by molar-refractivity contribution is 0.297. The Morgan fingerprint density at radius 2 is 2.05 bits per heavy atom. The Morgan fingerprint density at radius 3 is 2.84 bits per heavy atom. The number of aromatic amines is 1.